The van der Waals surface area contributed by atoms with E-state index in [4.69, 9.17) is 5.11 Å². The first-order valence-corrected chi connectivity index (χ1v) is 5.54. The quantitative estimate of drug-likeness (QED) is 0.838. The Balaban J connectivity index is 2.66. The summed E-state index contributed by atoms with van der Waals surface area (Å²) in [6, 6.07) is 3.44. The van der Waals surface area contributed by atoms with Crippen molar-refractivity contribution in [2.24, 2.45) is 0 Å². The Labute approximate surface area is 114 Å². The third-order valence-electron chi connectivity index (χ3n) is 2.75. The van der Waals surface area contributed by atoms with Gasteiger partial charge in [0.25, 0.3) is 5.56 Å². The van der Waals surface area contributed by atoms with Crippen molar-refractivity contribution >= 4 is 5.97 Å². The molecule has 0 aliphatic carbocycles. The summed E-state index contributed by atoms with van der Waals surface area (Å²) in [7, 11) is 0. The van der Waals surface area contributed by atoms with Crippen LogP contribution < -0.4 is 5.56 Å². The van der Waals surface area contributed by atoms with E-state index in [-0.39, 0.29) is 5.56 Å². The van der Waals surface area contributed by atoms with Gasteiger partial charge in [0.2, 0.25) is 0 Å². The van der Waals surface area contributed by atoms with E-state index >= 15 is 0 Å². The van der Waals surface area contributed by atoms with Crippen LogP contribution in [0.25, 0.3) is 11.1 Å². The van der Waals surface area contributed by atoms with Crippen LogP contribution in [0.4, 0.5) is 17.6 Å². The zero-order valence-electron chi connectivity index (χ0n) is 10.2. The van der Waals surface area contributed by atoms with Gasteiger partial charge in [-0.25, -0.2) is 9.18 Å². The molecule has 0 bridgehead atoms. The lowest BCUT2D eigenvalue weighted by molar-refractivity contribution is -0.139. The third-order valence-corrected chi connectivity index (χ3v) is 2.75. The number of aromatic carboxylic acids is 1. The summed E-state index contributed by atoms with van der Waals surface area (Å²) < 4.78 is 51.8. The van der Waals surface area contributed by atoms with Crippen molar-refractivity contribution in [1.82, 2.24) is 4.98 Å². The molecule has 2 N–H and O–H groups in total. The molecule has 4 nitrogen and oxygen atoms in total. The van der Waals surface area contributed by atoms with Gasteiger partial charge in [-0.1, -0.05) is 12.1 Å². The van der Waals surface area contributed by atoms with Crippen molar-refractivity contribution < 1.29 is 27.5 Å². The topological polar surface area (TPSA) is 70.2 Å². The fourth-order valence-corrected chi connectivity index (χ4v) is 1.77. The van der Waals surface area contributed by atoms with Gasteiger partial charge < -0.3 is 10.1 Å². The first kappa shape index (κ1) is 14.8. The summed E-state index contributed by atoms with van der Waals surface area (Å²) in [5.41, 5.74) is -3.72. The normalized spacial score (nSPS) is 11.4. The lowest BCUT2D eigenvalue weighted by Gasteiger charge is -2.11. The maximum atomic E-state index is 13.9. The largest absolute Gasteiger partial charge is 0.477 e. The monoisotopic (exact) mass is 301 g/mol. The molecule has 0 aliphatic rings. The number of carbonyl (C=O) groups is 1. The molecule has 2 aromatic rings. The number of aromatic nitrogens is 1. The fraction of sp³-hybridized carbons (Fsp3) is 0.0769. The SMILES string of the molecule is O=C(O)c1cc(-c2cccc(C(F)(F)F)c2F)c[nH]c1=O. The number of aromatic amines is 1. The number of H-pyrrole nitrogens is 1. The number of hydrogen-bond acceptors (Lipinski definition) is 2. The van der Waals surface area contributed by atoms with Crippen molar-refractivity contribution in [2.45, 2.75) is 6.18 Å². The van der Waals surface area contributed by atoms with Crippen molar-refractivity contribution in [3.63, 3.8) is 0 Å². The summed E-state index contributed by atoms with van der Waals surface area (Å²) in [6.07, 6.45) is -3.93. The second-order valence-electron chi connectivity index (χ2n) is 4.10. The number of rotatable bonds is 2. The van der Waals surface area contributed by atoms with Crippen LogP contribution in [-0.4, -0.2) is 16.1 Å². The Hall–Kier alpha value is -2.64. The van der Waals surface area contributed by atoms with Gasteiger partial charge in [-0.3, -0.25) is 4.79 Å². The van der Waals surface area contributed by atoms with Crippen molar-refractivity contribution in [2.75, 3.05) is 0 Å². The molecule has 110 valence electrons. The Bertz CT molecular complexity index is 765. The van der Waals surface area contributed by atoms with Crippen molar-refractivity contribution in [3.8, 4) is 11.1 Å². The molecule has 1 heterocycles. The van der Waals surface area contributed by atoms with E-state index in [1.165, 1.54) is 0 Å². The molecule has 0 unspecified atom stereocenters. The van der Waals surface area contributed by atoms with E-state index in [0.717, 1.165) is 24.4 Å². The van der Waals surface area contributed by atoms with Crippen LogP contribution in [0.2, 0.25) is 0 Å². The predicted molar refractivity (Wildman–Crippen MR) is 64.4 cm³/mol. The molecule has 8 heteroatoms. The van der Waals surface area contributed by atoms with E-state index < -0.39 is 40.2 Å². The van der Waals surface area contributed by atoms with Gasteiger partial charge in [0, 0.05) is 17.3 Å². The second kappa shape index (κ2) is 5.04. The van der Waals surface area contributed by atoms with E-state index in [1.807, 2.05) is 4.98 Å². The van der Waals surface area contributed by atoms with E-state index in [9.17, 15) is 27.2 Å². The molecule has 1 aromatic carbocycles. The molecule has 0 aliphatic heterocycles. The number of pyridine rings is 1. The highest BCUT2D eigenvalue weighted by atomic mass is 19.4. The van der Waals surface area contributed by atoms with Gasteiger partial charge in [0.05, 0.1) is 5.56 Å². The Morgan fingerprint density at radius 2 is 1.90 bits per heavy atom. The predicted octanol–water partition coefficient (Wildman–Crippen LogP) is 2.90. The molecule has 0 spiro atoms. The number of carboxylic acids is 1. The van der Waals surface area contributed by atoms with E-state index in [0.29, 0.717) is 6.07 Å². The Kier molecular flexibility index (Phi) is 3.54. The zero-order chi connectivity index (χ0) is 15.8. The van der Waals surface area contributed by atoms with Gasteiger partial charge in [-0.15, -0.1) is 0 Å². The van der Waals surface area contributed by atoms with E-state index in [2.05, 4.69) is 0 Å². The minimum Gasteiger partial charge on any atom is -0.477 e. The number of hydrogen-bond donors (Lipinski definition) is 2. The van der Waals surface area contributed by atoms with Crippen LogP contribution in [0.3, 0.4) is 0 Å². The summed E-state index contributed by atoms with van der Waals surface area (Å²) in [5, 5.41) is 8.80. The smallest absolute Gasteiger partial charge is 0.419 e. The standard InChI is InChI=1S/C13H7F4NO3/c14-10-7(2-1-3-9(10)13(15,16)17)6-4-8(12(20)21)11(19)18-5-6/h1-5H,(H,18,19)(H,20,21). The lowest BCUT2D eigenvalue weighted by Crippen LogP contribution is -2.17. The molecular formula is C13H7F4NO3. The molecular weight excluding hydrogens is 294 g/mol. The Morgan fingerprint density at radius 3 is 2.48 bits per heavy atom. The van der Waals surface area contributed by atoms with Crippen molar-refractivity contribution in [1.29, 1.82) is 0 Å². The fourth-order valence-electron chi connectivity index (χ4n) is 1.77. The number of benzene rings is 1. The van der Waals surface area contributed by atoms with Crippen LogP contribution in [-0.2, 0) is 6.18 Å². The zero-order valence-corrected chi connectivity index (χ0v) is 10.2. The lowest BCUT2D eigenvalue weighted by atomic mass is 10.0. The van der Waals surface area contributed by atoms with Crippen LogP contribution in [0.1, 0.15) is 15.9 Å². The summed E-state index contributed by atoms with van der Waals surface area (Å²) >= 11 is 0. The Morgan fingerprint density at radius 1 is 1.24 bits per heavy atom. The second-order valence-corrected chi connectivity index (χ2v) is 4.10. The molecule has 0 atom stereocenters. The molecule has 0 saturated carbocycles. The molecule has 0 fully saturated rings. The van der Waals surface area contributed by atoms with Crippen LogP contribution >= 0.6 is 0 Å². The van der Waals surface area contributed by atoms with Crippen LogP contribution in [0.15, 0.2) is 35.3 Å². The van der Waals surface area contributed by atoms with Crippen molar-refractivity contribution in [3.05, 3.63) is 57.8 Å². The molecule has 0 radical (unpaired) electrons. The van der Waals surface area contributed by atoms with Crippen LogP contribution in [0, 0.1) is 5.82 Å². The number of halogens is 4. The summed E-state index contributed by atoms with van der Waals surface area (Å²) in [6.45, 7) is 0. The highest BCUT2D eigenvalue weighted by Gasteiger charge is 2.35. The highest BCUT2D eigenvalue weighted by molar-refractivity contribution is 5.88. The van der Waals surface area contributed by atoms with Crippen LogP contribution in [0.5, 0.6) is 0 Å². The first-order valence-electron chi connectivity index (χ1n) is 5.54. The average molecular weight is 301 g/mol. The summed E-state index contributed by atoms with van der Waals surface area (Å²) in [4.78, 5) is 24.1. The number of carboxylic acid groups (broad SMARTS) is 1. The van der Waals surface area contributed by atoms with Gasteiger partial charge in [0.15, 0.2) is 0 Å². The molecule has 21 heavy (non-hydrogen) atoms. The highest BCUT2D eigenvalue weighted by Crippen LogP contribution is 2.35. The minimum atomic E-state index is -4.88. The third kappa shape index (κ3) is 2.78. The maximum Gasteiger partial charge on any atom is 0.419 e. The number of alkyl halides is 3. The maximum absolute atomic E-state index is 13.9. The number of nitrogens with one attached hydrogen (secondary N) is 1. The average Bonchev–Trinajstić information content (AvgIpc) is 2.38. The van der Waals surface area contributed by atoms with Gasteiger partial charge in [-0.2, -0.15) is 13.2 Å². The first-order chi connectivity index (χ1) is 9.71. The van der Waals surface area contributed by atoms with Gasteiger partial charge in [0.1, 0.15) is 11.4 Å². The molecule has 0 amide bonds. The summed E-state index contributed by atoms with van der Waals surface area (Å²) in [5.74, 6) is -3.10. The molecule has 2 rings (SSSR count). The minimum absolute atomic E-state index is 0.171. The van der Waals surface area contributed by atoms with E-state index in [1.54, 1.807) is 0 Å². The molecule has 0 saturated heterocycles. The molecule has 1 aromatic heterocycles. The van der Waals surface area contributed by atoms with Gasteiger partial charge in [-0.05, 0) is 12.1 Å². The van der Waals surface area contributed by atoms with Gasteiger partial charge >= 0.3 is 12.1 Å².